The molecule has 0 unspecified atom stereocenters. The van der Waals surface area contributed by atoms with Crippen molar-refractivity contribution in [2.75, 3.05) is 13.2 Å². The summed E-state index contributed by atoms with van der Waals surface area (Å²) < 4.78 is 1.39. The van der Waals surface area contributed by atoms with E-state index in [1.807, 2.05) is 26.8 Å². The van der Waals surface area contributed by atoms with Gasteiger partial charge in [0.05, 0.1) is 0 Å². The van der Waals surface area contributed by atoms with Crippen molar-refractivity contribution >= 4 is 11.6 Å². The van der Waals surface area contributed by atoms with Crippen LogP contribution in [0.3, 0.4) is 0 Å². The van der Waals surface area contributed by atoms with Gasteiger partial charge in [0.15, 0.2) is 0 Å². The molecule has 1 amide bonds. The lowest BCUT2D eigenvalue weighted by Gasteiger charge is -2.31. The third-order valence-corrected chi connectivity index (χ3v) is 4.94. The van der Waals surface area contributed by atoms with Gasteiger partial charge < -0.3 is 10.4 Å². The minimum atomic E-state index is -0.423. The van der Waals surface area contributed by atoms with E-state index in [2.05, 4.69) is 10.3 Å². The summed E-state index contributed by atoms with van der Waals surface area (Å²) in [7, 11) is 0. The molecule has 2 heterocycles. The van der Waals surface area contributed by atoms with Gasteiger partial charge in [-0.1, -0.05) is 19.9 Å². The molecule has 0 atom stereocenters. The smallest absolute Gasteiger partial charge is 0.270 e. The normalized spacial score (nSPS) is 11.7. The number of hydrogen-bond donors (Lipinski definition) is 2. The SMILES string of the molecule is CCC(CC)(CCO)CNC(=O)c1cnc2c(C)cccn2c1=O. The number of pyridine rings is 1. The molecule has 2 rings (SSSR count). The molecule has 0 aliphatic carbocycles. The summed E-state index contributed by atoms with van der Waals surface area (Å²) in [6.07, 6.45) is 5.26. The Morgan fingerprint density at radius 3 is 2.71 bits per heavy atom. The molecule has 24 heavy (non-hydrogen) atoms. The van der Waals surface area contributed by atoms with Gasteiger partial charge in [-0.2, -0.15) is 0 Å². The largest absolute Gasteiger partial charge is 0.396 e. The molecule has 0 aliphatic heterocycles. The van der Waals surface area contributed by atoms with Gasteiger partial charge in [0.1, 0.15) is 11.2 Å². The number of amides is 1. The van der Waals surface area contributed by atoms with Crippen molar-refractivity contribution in [2.24, 2.45) is 5.41 Å². The molecule has 2 aromatic rings. The van der Waals surface area contributed by atoms with Crippen LogP contribution in [0.1, 0.15) is 49.0 Å². The summed E-state index contributed by atoms with van der Waals surface area (Å²) in [5, 5.41) is 12.1. The number of aromatic nitrogens is 2. The van der Waals surface area contributed by atoms with Crippen molar-refractivity contribution in [3.05, 3.63) is 46.0 Å². The van der Waals surface area contributed by atoms with E-state index in [4.69, 9.17) is 0 Å². The van der Waals surface area contributed by atoms with Crippen LogP contribution in [0, 0.1) is 12.3 Å². The van der Waals surface area contributed by atoms with Gasteiger partial charge >= 0.3 is 0 Å². The molecular formula is C18H25N3O3. The van der Waals surface area contributed by atoms with Crippen molar-refractivity contribution in [3.8, 4) is 0 Å². The summed E-state index contributed by atoms with van der Waals surface area (Å²) in [6.45, 7) is 6.46. The predicted octanol–water partition coefficient (Wildman–Crippen LogP) is 1.92. The number of carbonyl (C=O) groups excluding carboxylic acids is 1. The number of aliphatic hydroxyl groups excluding tert-OH is 1. The number of rotatable bonds is 7. The van der Waals surface area contributed by atoms with E-state index in [1.165, 1.54) is 10.6 Å². The average Bonchev–Trinajstić information content (AvgIpc) is 2.59. The molecule has 0 saturated heterocycles. The second kappa shape index (κ2) is 7.57. The van der Waals surface area contributed by atoms with Crippen LogP contribution in [0.25, 0.3) is 5.65 Å². The van der Waals surface area contributed by atoms with Gasteiger partial charge in [0, 0.05) is 25.5 Å². The first-order chi connectivity index (χ1) is 11.5. The molecule has 2 aromatic heterocycles. The van der Waals surface area contributed by atoms with Gasteiger partial charge in [0.25, 0.3) is 11.5 Å². The van der Waals surface area contributed by atoms with Crippen molar-refractivity contribution in [2.45, 2.75) is 40.0 Å². The van der Waals surface area contributed by atoms with Crippen LogP contribution in [-0.4, -0.2) is 33.6 Å². The van der Waals surface area contributed by atoms with Crippen LogP contribution >= 0.6 is 0 Å². The highest BCUT2D eigenvalue weighted by Gasteiger charge is 2.27. The molecule has 2 N–H and O–H groups in total. The summed E-state index contributed by atoms with van der Waals surface area (Å²) >= 11 is 0. The van der Waals surface area contributed by atoms with E-state index in [9.17, 15) is 14.7 Å². The predicted molar refractivity (Wildman–Crippen MR) is 93.3 cm³/mol. The maximum Gasteiger partial charge on any atom is 0.270 e. The monoisotopic (exact) mass is 331 g/mol. The lowest BCUT2D eigenvalue weighted by molar-refractivity contribution is 0.0905. The third-order valence-electron chi connectivity index (χ3n) is 4.94. The number of fused-ring (bicyclic) bond motifs is 1. The Kier molecular flexibility index (Phi) is 5.72. The summed E-state index contributed by atoms with van der Waals surface area (Å²) in [4.78, 5) is 29.2. The first-order valence-corrected chi connectivity index (χ1v) is 8.34. The topological polar surface area (TPSA) is 83.7 Å². The van der Waals surface area contributed by atoms with Gasteiger partial charge in [0.2, 0.25) is 0 Å². The Hall–Kier alpha value is -2.21. The van der Waals surface area contributed by atoms with E-state index in [0.29, 0.717) is 18.6 Å². The van der Waals surface area contributed by atoms with Crippen molar-refractivity contribution in [1.29, 1.82) is 0 Å². The standard InChI is InChI=1S/C18H25N3O3/c1-4-18(5-2,8-10-22)12-20-16(23)14-11-19-15-13(3)7-6-9-21(15)17(14)24/h6-7,9,11,22H,4-5,8,10,12H2,1-3H3,(H,20,23). The number of hydrogen-bond acceptors (Lipinski definition) is 4. The van der Waals surface area contributed by atoms with Crippen LogP contribution in [0.15, 0.2) is 29.3 Å². The highest BCUT2D eigenvalue weighted by atomic mass is 16.3. The van der Waals surface area contributed by atoms with E-state index >= 15 is 0 Å². The van der Waals surface area contributed by atoms with Crippen molar-refractivity contribution in [3.63, 3.8) is 0 Å². The zero-order valence-corrected chi connectivity index (χ0v) is 14.5. The molecule has 0 saturated carbocycles. The Morgan fingerprint density at radius 2 is 2.08 bits per heavy atom. The minimum Gasteiger partial charge on any atom is -0.396 e. The fourth-order valence-corrected chi connectivity index (χ4v) is 2.95. The maximum atomic E-state index is 12.5. The maximum absolute atomic E-state index is 12.5. The zero-order valence-electron chi connectivity index (χ0n) is 14.5. The van der Waals surface area contributed by atoms with Crippen LogP contribution in [0.4, 0.5) is 0 Å². The van der Waals surface area contributed by atoms with E-state index < -0.39 is 5.91 Å². The number of nitrogens with zero attached hydrogens (tertiary/aromatic N) is 2. The highest BCUT2D eigenvalue weighted by molar-refractivity contribution is 5.93. The fourth-order valence-electron chi connectivity index (χ4n) is 2.95. The minimum absolute atomic E-state index is 0.0307. The Labute approximate surface area is 141 Å². The van der Waals surface area contributed by atoms with Crippen LogP contribution in [0.5, 0.6) is 0 Å². The zero-order chi connectivity index (χ0) is 17.7. The molecule has 6 heteroatoms. The van der Waals surface area contributed by atoms with Crippen LogP contribution in [-0.2, 0) is 0 Å². The van der Waals surface area contributed by atoms with Gasteiger partial charge in [-0.05, 0) is 43.2 Å². The molecule has 130 valence electrons. The molecule has 0 bridgehead atoms. The molecule has 0 aromatic carbocycles. The van der Waals surface area contributed by atoms with Crippen molar-refractivity contribution < 1.29 is 9.90 Å². The molecule has 0 fully saturated rings. The second-order valence-electron chi connectivity index (χ2n) is 6.23. The molecule has 0 spiro atoms. The molecular weight excluding hydrogens is 306 g/mol. The Balaban J connectivity index is 2.26. The lowest BCUT2D eigenvalue weighted by Crippen LogP contribution is -2.40. The van der Waals surface area contributed by atoms with Crippen LogP contribution < -0.4 is 10.9 Å². The summed E-state index contributed by atoms with van der Waals surface area (Å²) in [6, 6.07) is 3.63. The Morgan fingerprint density at radius 1 is 1.38 bits per heavy atom. The fraction of sp³-hybridized carbons (Fsp3) is 0.500. The molecule has 0 radical (unpaired) electrons. The number of carbonyl (C=O) groups is 1. The second-order valence-corrected chi connectivity index (χ2v) is 6.23. The van der Waals surface area contributed by atoms with E-state index in [1.54, 1.807) is 12.3 Å². The van der Waals surface area contributed by atoms with E-state index in [0.717, 1.165) is 18.4 Å². The summed E-state index contributed by atoms with van der Waals surface area (Å²) in [5.74, 6) is -0.423. The third kappa shape index (κ3) is 3.48. The Bertz CT molecular complexity index is 779. The van der Waals surface area contributed by atoms with Crippen LogP contribution in [0.2, 0.25) is 0 Å². The number of aryl methyl sites for hydroxylation is 1. The summed E-state index contributed by atoms with van der Waals surface area (Å²) in [5.41, 5.74) is 0.933. The highest BCUT2D eigenvalue weighted by Crippen LogP contribution is 2.29. The number of nitrogens with one attached hydrogen (secondary N) is 1. The van der Waals surface area contributed by atoms with Gasteiger partial charge in [-0.25, -0.2) is 4.98 Å². The average molecular weight is 331 g/mol. The van der Waals surface area contributed by atoms with Gasteiger partial charge in [-0.3, -0.25) is 14.0 Å². The quantitative estimate of drug-likeness (QED) is 0.812. The van der Waals surface area contributed by atoms with E-state index in [-0.39, 0.29) is 23.1 Å². The first-order valence-electron chi connectivity index (χ1n) is 8.34. The molecule has 0 aliphatic rings. The first kappa shape index (κ1) is 18.1. The van der Waals surface area contributed by atoms with Crippen molar-refractivity contribution in [1.82, 2.24) is 14.7 Å². The van der Waals surface area contributed by atoms with Gasteiger partial charge in [-0.15, -0.1) is 0 Å². The molecule has 6 nitrogen and oxygen atoms in total. The number of aliphatic hydroxyl groups is 1. The lowest BCUT2D eigenvalue weighted by atomic mass is 9.79.